The van der Waals surface area contributed by atoms with E-state index in [2.05, 4.69) is 25.1 Å². The van der Waals surface area contributed by atoms with E-state index >= 15 is 0 Å². The minimum absolute atomic E-state index is 0.0158. The van der Waals surface area contributed by atoms with Gasteiger partial charge in [-0.15, -0.1) is 0 Å². The zero-order chi connectivity index (χ0) is 18.5. The smallest absolute Gasteiger partial charge is 0.253 e. The molecule has 1 N–H and O–H groups in total. The van der Waals surface area contributed by atoms with Gasteiger partial charge >= 0.3 is 0 Å². The quantitative estimate of drug-likeness (QED) is 0.887. The number of benzene rings is 1. The highest BCUT2D eigenvalue weighted by Gasteiger charge is 2.25. The van der Waals surface area contributed by atoms with Crippen LogP contribution in [-0.2, 0) is 4.74 Å². The third kappa shape index (κ3) is 4.19. The lowest BCUT2D eigenvalue weighted by Gasteiger charge is -2.34. The molecule has 0 radical (unpaired) electrons. The number of morpholine rings is 1. The fourth-order valence-corrected chi connectivity index (χ4v) is 3.74. The molecule has 3 heterocycles. The van der Waals surface area contributed by atoms with Crippen LogP contribution >= 0.6 is 0 Å². The summed E-state index contributed by atoms with van der Waals surface area (Å²) in [6.45, 7) is 4.67. The molecule has 1 aromatic heterocycles. The average molecular weight is 367 g/mol. The molecule has 1 atom stereocenters. The first-order valence-corrected chi connectivity index (χ1v) is 9.56. The Morgan fingerprint density at radius 3 is 2.63 bits per heavy atom. The number of carbonyl (C=O) groups excluding carboxylic acids is 1. The number of carbonyl (C=O) groups is 1. The van der Waals surface area contributed by atoms with Crippen molar-refractivity contribution in [1.29, 1.82) is 0 Å². The van der Waals surface area contributed by atoms with Gasteiger partial charge in [-0.1, -0.05) is 12.1 Å². The monoisotopic (exact) mass is 367 g/mol. The summed E-state index contributed by atoms with van der Waals surface area (Å²) in [5.41, 5.74) is 1.71. The van der Waals surface area contributed by atoms with Gasteiger partial charge in [0.2, 0.25) is 5.95 Å². The highest BCUT2D eigenvalue weighted by atomic mass is 16.5. The number of rotatable bonds is 4. The van der Waals surface area contributed by atoms with E-state index in [9.17, 15) is 4.79 Å². The third-order valence-corrected chi connectivity index (χ3v) is 5.09. The second kappa shape index (κ2) is 8.35. The Kier molecular flexibility index (Phi) is 5.48. The van der Waals surface area contributed by atoms with Crippen LogP contribution in [0, 0.1) is 0 Å². The van der Waals surface area contributed by atoms with Crippen LogP contribution in [0.1, 0.15) is 23.2 Å². The van der Waals surface area contributed by atoms with E-state index in [4.69, 9.17) is 4.74 Å². The Morgan fingerprint density at radius 1 is 1.04 bits per heavy atom. The molecule has 0 unspecified atom stereocenters. The van der Waals surface area contributed by atoms with E-state index in [1.54, 1.807) is 12.4 Å². The molecule has 2 aliphatic rings. The first kappa shape index (κ1) is 17.7. The zero-order valence-corrected chi connectivity index (χ0v) is 15.4. The molecule has 0 bridgehead atoms. The predicted octanol–water partition coefficient (Wildman–Crippen LogP) is 1.71. The van der Waals surface area contributed by atoms with Gasteiger partial charge < -0.3 is 19.9 Å². The zero-order valence-electron chi connectivity index (χ0n) is 15.4. The number of piperidine rings is 1. The van der Waals surface area contributed by atoms with Gasteiger partial charge in [-0.2, -0.15) is 0 Å². The van der Waals surface area contributed by atoms with Crippen molar-refractivity contribution in [2.75, 3.05) is 49.2 Å². The Balaban J connectivity index is 1.44. The number of hydrogen-bond donors (Lipinski definition) is 1. The standard InChI is InChI=1S/C20H25N5O2/c26-19(17-6-1-2-7-18(17)24-11-13-27-14-12-24)23-16-5-3-10-25(15-16)20-21-8-4-9-22-20/h1-2,4,6-9,16H,3,5,10-15H2,(H,23,26)/t16-/m1/s1. The molecule has 142 valence electrons. The van der Waals surface area contributed by atoms with Crippen molar-refractivity contribution in [3.63, 3.8) is 0 Å². The van der Waals surface area contributed by atoms with E-state index in [1.165, 1.54) is 0 Å². The molecule has 4 rings (SSSR count). The molecule has 2 aromatic rings. The van der Waals surface area contributed by atoms with Gasteiger partial charge in [0.25, 0.3) is 5.91 Å². The molecule has 1 amide bonds. The van der Waals surface area contributed by atoms with Crippen molar-refractivity contribution < 1.29 is 9.53 Å². The number of nitrogens with one attached hydrogen (secondary N) is 1. The van der Waals surface area contributed by atoms with Crippen LogP contribution < -0.4 is 15.1 Å². The summed E-state index contributed by atoms with van der Waals surface area (Å²) in [5, 5.41) is 3.22. The summed E-state index contributed by atoms with van der Waals surface area (Å²) in [7, 11) is 0. The van der Waals surface area contributed by atoms with Gasteiger partial charge in [0, 0.05) is 50.3 Å². The maximum absolute atomic E-state index is 13.0. The van der Waals surface area contributed by atoms with Crippen molar-refractivity contribution in [1.82, 2.24) is 15.3 Å². The molecular formula is C20H25N5O2. The maximum Gasteiger partial charge on any atom is 0.253 e. The summed E-state index contributed by atoms with van der Waals surface area (Å²) in [6, 6.07) is 9.73. The van der Waals surface area contributed by atoms with Gasteiger partial charge in [0.15, 0.2) is 0 Å². The summed E-state index contributed by atoms with van der Waals surface area (Å²) < 4.78 is 5.44. The van der Waals surface area contributed by atoms with Crippen molar-refractivity contribution in [3.8, 4) is 0 Å². The minimum Gasteiger partial charge on any atom is -0.378 e. The largest absolute Gasteiger partial charge is 0.378 e. The van der Waals surface area contributed by atoms with Crippen LogP contribution in [-0.4, -0.2) is 61.3 Å². The summed E-state index contributed by atoms with van der Waals surface area (Å²) in [6.07, 6.45) is 5.48. The van der Waals surface area contributed by atoms with E-state index in [0.717, 1.165) is 56.2 Å². The van der Waals surface area contributed by atoms with Crippen LogP contribution in [0.25, 0.3) is 0 Å². The minimum atomic E-state index is -0.0158. The number of aromatic nitrogens is 2. The van der Waals surface area contributed by atoms with Crippen LogP contribution in [0.5, 0.6) is 0 Å². The number of hydrogen-bond acceptors (Lipinski definition) is 6. The lowest BCUT2D eigenvalue weighted by molar-refractivity contribution is 0.0931. The summed E-state index contributed by atoms with van der Waals surface area (Å²) in [5.74, 6) is 0.711. The van der Waals surface area contributed by atoms with Gasteiger partial charge in [0.1, 0.15) is 0 Å². The molecule has 0 saturated carbocycles. The van der Waals surface area contributed by atoms with Gasteiger partial charge in [-0.05, 0) is 31.0 Å². The van der Waals surface area contributed by atoms with Crippen molar-refractivity contribution in [2.45, 2.75) is 18.9 Å². The van der Waals surface area contributed by atoms with Gasteiger partial charge in [-0.3, -0.25) is 4.79 Å². The van der Waals surface area contributed by atoms with Crippen LogP contribution in [0.4, 0.5) is 11.6 Å². The Hall–Kier alpha value is -2.67. The molecular weight excluding hydrogens is 342 g/mol. The Bertz CT molecular complexity index is 764. The number of ether oxygens (including phenoxy) is 1. The topological polar surface area (TPSA) is 70.6 Å². The van der Waals surface area contributed by atoms with Crippen molar-refractivity contribution >= 4 is 17.5 Å². The number of amides is 1. The molecule has 1 aromatic carbocycles. The highest BCUT2D eigenvalue weighted by molar-refractivity contribution is 6.00. The van der Waals surface area contributed by atoms with E-state index in [1.807, 2.05) is 30.3 Å². The number of nitrogens with zero attached hydrogens (tertiary/aromatic N) is 4. The number of para-hydroxylation sites is 1. The van der Waals surface area contributed by atoms with Crippen molar-refractivity contribution in [3.05, 3.63) is 48.3 Å². The third-order valence-electron chi connectivity index (χ3n) is 5.09. The molecule has 2 saturated heterocycles. The highest BCUT2D eigenvalue weighted by Crippen LogP contribution is 2.22. The Labute approximate surface area is 159 Å². The van der Waals surface area contributed by atoms with E-state index in [-0.39, 0.29) is 11.9 Å². The lowest BCUT2D eigenvalue weighted by Crippen LogP contribution is -2.48. The normalized spacial score (nSPS) is 20.4. The average Bonchev–Trinajstić information content (AvgIpc) is 2.75. The second-order valence-corrected chi connectivity index (χ2v) is 6.92. The molecule has 2 fully saturated rings. The van der Waals surface area contributed by atoms with Crippen LogP contribution in [0.3, 0.4) is 0 Å². The van der Waals surface area contributed by atoms with Gasteiger partial charge in [0.05, 0.1) is 18.8 Å². The Morgan fingerprint density at radius 2 is 1.81 bits per heavy atom. The fourth-order valence-electron chi connectivity index (χ4n) is 3.74. The second-order valence-electron chi connectivity index (χ2n) is 6.92. The molecule has 7 nitrogen and oxygen atoms in total. The van der Waals surface area contributed by atoms with Crippen LogP contribution in [0.15, 0.2) is 42.7 Å². The SMILES string of the molecule is O=C(N[C@@H]1CCCN(c2ncccn2)C1)c1ccccc1N1CCOCC1. The summed E-state index contributed by atoms with van der Waals surface area (Å²) in [4.78, 5) is 26.0. The predicted molar refractivity (Wildman–Crippen MR) is 104 cm³/mol. The first-order valence-electron chi connectivity index (χ1n) is 9.56. The molecule has 2 aliphatic heterocycles. The molecule has 0 spiro atoms. The number of anilines is 2. The maximum atomic E-state index is 13.0. The van der Waals surface area contributed by atoms with Gasteiger partial charge in [-0.25, -0.2) is 9.97 Å². The van der Waals surface area contributed by atoms with Crippen LogP contribution in [0.2, 0.25) is 0 Å². The fraction of sp³-hybridized carbons (Fsp3) is 0.450. The van der Waals surface area contributed by atoms with Crippen molar-refractivity contribution in [2.24, 2.45) is 0 Å². The van der Waals surface area contributed by atoms with E-state index in [0.29, 0.717) is 13.2 Å². The summed E-state index contributed by atoms with van der Waals surface area (Å²) >= 11 is 0. The molecule has 27 heavy (non-hydrogen) atoms. The van der Waals surface area contributed by atoms with E-state index < -0.39 is 0 Å². The first-order chi connectivity index (χ1) is 13.3. The molecule has 0 aliphatic carbocycles. The lowest BCUT2D eigenvalue weighted by atomic mass is 10.0. The molecule has 7 heteroatoms.